The van der Waals surface area contributed by atoms with Gasteiger partial charge in [0, 0.05) is 18.5 Å². The van der Waals surface area contributed by atoms with E-state index >= 15 is 0 Å². The Kier molecular flexibility index (Phi) is 3.34. The average molecular weight is 214 g/mol. The summed E-state index contributed by atoms with van der Waals surface area (Å²) in [4.78, 5) is 24.4. The molecule has 0 atom stereocenters. The van der Waals surface area contributed by atoms with Crippen LogP contribution in [0.3, 0.4) is 0 Å². The summed E-state index contributed by atoms with van der Waals surface area (Å²) in [7, 11) is 0. The summed E-state index contributed by atoms with van der Waals surface area (Å²) in [6, 6.07) is 0. The molecule has 5 nitrogen and oxygen atoms in total. The smallest absolute Gasteiger partial charge is 0.242 e. The van der Waals surface area contributed by atoms with Gasteiger partial charge in [0.15, 0.2) is 0 Å². The Hall–Kier alpha value is -1.10. The molecular weight excluding hydrogens is 196 g/mol. The normalized spacial score (nSPS) is 17.2. The van der Waals surface area contributed by atoms with Crippen molar-refractivity contribution in [3.05, 3.63) is 0 Å². The van der Waals surface area contributed by atoms with Crippen molar-refractivity contribution in [2.24, 2.45) is 5.41 Å². The van der Waals surface area contributed by atoms with Crippen molar-refractivity contribution in [1.82, 2.24) is 10.2 Å². The number of nitrogens with one attached hydrogen (secondary N) is 1. The number of aliphatic hydroxyl groups is 1. The molecule has 1 aliphatic rings. The summed E-state index contributed by atoms with van der Waals surface area (Å²) < 4.78 is 0. The number of aliphatic hydroxyl groups excluding tert-OH is 1. The number of carbonyl (C=O) groups excluding carboxylic acids is 2. The van der Waals surface area contributed by atoms with Crippen molar-refractivity contribution < 1.29 is 14.7 Å². The number of likely N-dealkylation sites (tertiary alicyclic amines) is 1. The number of carbonyl (C=O) groups is 2. The summed E-state index contributed by atoms with van der Waals surface area (Å²) in [6.07, 6.45) is -0.396. The standard InChI is InChI=1S/C10H18N2O3/c1-10(2,3)9(15)11-4-8(14)12-5-7(13)6-12/h7,13H,4-6H2,1-3H3,(H,11,15). The van der Waals surface area contributed by atoms with Gasteiger partial charge in [0.25, 0.3) is 0 Å². The molecule has 0 aliphatic carbocycles. The molecule has 0 aromatic carbocycles. The van der Waals surface area contributed by atoms with Crippen LogP contribution in [0.5, 0.6) is 0 Å². The van der Waals surface area contributed by atoms with E-state index in [1.54, 1.807) is 20.8 Å². The van der Waals surface area contributed by atoms with Gasteiger partial charge in [-0.1, -0.05) is 20.8 Å². The lowest BCUT2D eigenvalue weighted by Crippen LogP contribution is -2.56. The van der Waals surface area contributed by atoms with E-state index in [1.807, 2.05) is 0 Å². The lowest BCUT2D eigenvalue weighted by Gasteiger charge is -2.36. The molecule has 0 bridgehead atoms. The highest BCUT2D eigenvalue weighted by Gasteiger charge is 2.29. The SMILES string of the molecule is CC(C)(C)C(=O)NCC(=O)N1CC(O)C1. The topological polar surface area (TPSA) is 69.6 Å². The largest absolute Gasteiger partial charge is 0.389 e. The third-order valence-corrected chi connectivity index (χ3v) is 2.30. The average Bonchev–Trinajstić information content (AvgIpc) is 2.06. The first-order valence-corrected chi connectivity index (χ1v) is 5.05. The van der Waals surface area contributed by atoms with E-state index in [9.17, 15) is 9.59 Å². The second-order valence-electron chi connectivity index (χ2n) is 4.89. The van der Waals surface area contributed by atoms with Gasteiger partial charge in [-0.15, -0.1) is 0 Å². The molecular formula is C10H18N2O3. The third-order valence-electron chi connectivity index (χ3n) is 2.30. The predicted molar refractivity (Wildman–Crippen MR) is 55.1 cm³/mol. The van der Waals surface area contributed by atoms with Gasteiger partial charge < -0.3 is 15.3 Å². The first-order chi connectivity index (χ1) is 6.80. The lowest BCUT2D eigenvalue weighted by atomic mass is 9.96. The maximum atomic E-state index is 11.4. The zero-order chi connectivity index (χ0) is 11.6. The molecule has 0 spiro atoms. The number of hydrogen-bond acceptors (Lipinski definition) is 3. The van der Waals surface area contributed by atoms with E-state index < -0.39 is 11.5 Å². The Morgan fingerprint density at radius 1 is 1.40 bits per heavy atom. The predicted octanol–water partition coefficient (Wildman–Crippen LogP) is -0.648. The van der Waals surface area contributed by atoms with Crippen LogP contribution in [0.1, 0.15) is 20.8 Å². The van der Waals surface area contributed by atoms with Crippen molar-refractivity contribution in [1.29, 1.82) is 0 Å². The Morgan fingerprint density at radius 3 is 2.33 bits per heavy atom. The van der Waals surface area contributed by atoms with E-state index in [1.165, 1.54) is 4.90 Å². The lowest BCUT2D eigenvalue weighted by molar-refractivity contribution is -0.142. The van der Waals surface area contributed by atoms with Crippen molar-refractivity contribution >= 4 is 11.8 Å². The van der Waals surface area contributed by atoms with E-state index in [0.29, 0.717) is 13.1 Å². The number of rotatable bonds is 2. The highest BCUT2D eigenvalue weighted by molar-refractivity contribution is 5.87. The van der Waals surface area contributed by atoms with Crippen LogP contribution in [-0.2, 0) is 9.59 Å². The summed E-state index contributed by atoms with van der Waals surface area (Å²) in [5.74, 6) is -0.283. The van der Waals surface area contributed by atoms with Crippen LogP contribution in [0.15, 0.2) is 0 Å². The quantitative estimate of drug-likeness (QED) is 0.642. The van der Waals surface area contributed by atoms with Crippen molar-refractivity contribution in [3.8, 4) is 0 Å². The molecule has 86 valence electrons. The van der Waals surface area contributed by atoms with Crippen LogP contribution in [0, 0.1) is 5.41 Å². The first-order valence-electron chi connectivity index (χ1n) is 5.05. The zero-order valence-corrected chi connectivity index (χ0v) is 9.41. The van der Waals surface area contributed by atoms with Crippen LogP contribution < -0.4 is 5.32 Å². The molecule has 2 amide bonds. The molecule has 1 aliphatic heterocycles. The van der Waals surface area contributed by atoms with Gasteiger partial charge in [-0.2, -0.15) is 0 Å². The summed E-state index contributed by atoms with van der Waals surface area (Å²) in [5, 5.41) is 11.6. The molecule has 1 saturated heterocycles. The minimum atomic E-state index is -0.477. The Morgan fingerprint density at radius 2 is 1.93 bits per heavy atom. The fraction of sp³-hybridized carbons (Fsp3) is 0.800. The van der Waals surface area contributed by atoms with Gasteiger partial charge in [0.1, 0.15) is 0 Å². The number of hydrogen-bond donors (Lipinski definition) is 2. The molecule has 2 N–H and O–H groups in total. The highest BCUT2D eigenvalue weighted by atomic mass is 16.3. The molecule has 15 heavy (non-hydrogen) atoms. The van der Waals surface area contributed by atoms with E-state index in [2.05, 4.69) is 5.32 Å². The summed E-state index contributed by atoms with van der Waals surface area (Å²) in [5.41, 5.74) is -0.477. The first kappa shape index (κ1) is 12.0. The summed E-state index contributed by atoms with van der Waals surface area (Å²) >= 11 is 0. The van der Waals surface area contributed by atoms with Crippen LogP contribution >= 0.6 is 0 Å². The number of β-amino-alcohol motifs (C(OH)–C–C–N with tert-alkyl or cyclic N) is 1. The van der Waals surface area contributed by atoms with Gasteiger partial charge in [0.2, 0.25) is 11.8 Å². The molecule has 0 radical (unpaired) electrons. The molecule has 5 heteroatoms. The highest BCUT2D eigenvalue weighted by Crippen LogP contribution is 2.12. The van der Waals surface area contributed by atoms with Crippen LogP contribution in [0.2, 0.25) is 0 Å². The fourth-order valence-corrected chi connectivity index (χ4v) is 1.19. The van der Waals surface area contributed by atoms with E-state index in [0.717, 1.165) is 0 Å². The van der Waals surface area contributed by atoms with Gasteiger partial charge >= 0.3 is 0 Å². The van der Waals surface area contributed by atoms with Crippen LogP contribution in [-0.4, -0.2) is 47.6 Å². The van der Waals surface area contributed by atoms with Crippen LogP contribution in [0.25, 0.3) is 0 Å². The van der Waals surface area contributed by atoms with Crippen molar-refractivity contribution in [2.45, 2.75) is 26.9 Å². The fourth-order valence-electron chi connectivity index (χ4n) is 1.19. The monoisotopic (exact) mass is 214 g/mol. The maximum Gasteiger partial charge on any atom is 0.242 e. The molecule has 1 fully saturated rings. The van der Waals surface area contributed by atoms with Gasteiger partial charge in [-0.3, -0.25) is 9.59 Å². The van der Waals surface area contributed by atoms with Crippen molar-refractivity contribution in [2.75, 3.05) is 19.6 Å². The zero-order valence-electron chi connectivity index (χ0n) is 9.41. The van der Waals surface area contributed by atoms with Gasteiger partial charge in [-0.25, -0.2) is 0 Å². The maximum absolute atomic E-state index is 11.4. The molecule has 0 aromatic rings. The Bertz CT molecular complexity index is 264. The molecule has 0 aromatic heterocycles. The second kappa shape index (κ2) is 4.18. The molecule has 1 rings (SSSR count). The summed E-state index contributed by atoms with van der Waals surface area (Å²) in [6.45, 7) is 6.15. The van der Waals surface area contributed by atoms with Gasteiger partial charge in [-0.05, 0) is 0 Å². The minimum absolute atomic E-state index is 0.0167. The Balaban J connectivity index is 2.26. The molecule has 0 unspecified atom stereocenters. The number of nitrogens with zero attached hydrogens (tertiary/aromatic N) is 1. The molecule has 0 saturated carbocycles. The van der Waals surface area contributed by atoms with Crippen LogP contribution in [0.4, 0.5) is 0 Å². The van der Waals surface area contributed by atoms with Gasteiger partial charge in [0.05, 0.1) is 12.6 Å². The Labute approximate surface area is 89.4 Å². The van der Waals surface area contributed by atoms with E-state index in [-0.39, 0.29) is 18.4 Å². The minimum Gasteiger partial charge on any atom is -0.389 e. The third kappa shape index (κ3) is 3.20. The van der Waals surface area contributed by atoms with E-state index in [4.69, 9.17) is 5.11 Å². The molecule has 1 heterocycles. The van der Waals surface area contributed by atoms with Crippen molar-refractivity contribution in [3.63, 3.8) is 0 Å². The second-order valence-corrected chi connectivity index (χ2v) is 4.89. The number of amides is 2.